The van der Waals surface area contributed by atoms with Crippen LogP contribution in [0.2, 0.25) is 0 Å². The summed E-state index contributed by atoms with van der Waals surface area (Å²) in [5, 5.41) is 9.10. The Kier molecular flexibility index (Phi) is 5.04. The molecular formula is C20H23N5O2S. The smallest absolute Gasteiger partial charge is 0.243 e. The minimum Gasteiger partial charge on any atom is -0.338 e. The monoisotopic (exact) mass is 397 g/mol. The lowest BCUT2D eigenvalue weighted by atomic mass is 9.92. The lowest BCUT2D eigenvalue weighted by molar-refractivity contribution is 0.382. The number of fused-ring (bicyclic) bond motifs is 1. The summed E-state index contributed by atoms with van der Waals surface area (Å²) < 4.78 is 27.7. The highest BCUT2D eigenvalue weighted by Crippen LogP contribution is 2.26. The van der Waals surface area contributed by atoms with E-state index < -0.39 is 10.0 Å². The van der Waals surface area contributed by atoms with E-state index in [9.17, 15) is 8.42 Å². The zero-order chi connectivity index (χ0) is 19.7. The van der Waals surface area contributed by atoms with Crippen LogP contribution in [0.15, 0.2) is 29.2 Å². The number of anilines is 1. The second-order valence-corrected chi connectivity index (χ2v) is 9.27. The molecule has 28 heavy (non-hydrogen) atoms. The molecule has 1 saturated heterocycles. The molecule has 1 fully saturated rings. The molecular weight excluding hydrogens is 374 g/mol. The van der Waals surface area contributed by atoms with Crippen molar-refractivity contribution in [1.82, 2.24) is 14.3 Å². The molecule has 2 aliphatic rings. The van der Waals surface area contributed by atoms with Gasteiger partial charge in [-0.1, -0.05) is 6.07 Å². The fourth-order valence-electron chi connectivity index (χ4n) is 3.90. The molecule has 1 aliphatic heterocycles. The Bertz CT molecular complexity index is 1040. The second kappa shape index (κ2) is 7.49. The van der Waals surface area contributed by atoms with Crippen molar-refractivity contribution in [2.24, 2.45) is 0 Å². The number of hydrogen-bond donors (Lipinski definition) is 0. The summed E-state index contributed by atoms with van der Waals surface area (Å²) in [5.74, 6) is 0.488. The van der Waals surface area contributed by atoms with Crippen molar-refractivity contribution in [3.8, 4) is 6.07 Å². The highest BCUT2D eigenvalue weighted by atomic mass is 32.2. The second-order valence-electron chi connectivity index (χ2n) is 7.34. The first-order chi connectivity index (χ1) is 13.5. The first kappa shape index (κ1) is 18.8. The predicted octanol–water partition coefficient (Wildman–Crippen LogP) is 2.05. The van der Waals surface area contributed by atoms with Crippen molar-refractivity contribution in [2.75, 3.05) is 31.1 Å². The Balaban J connectivity index is 1.50. The van der Waals surface area contributed by atoms with Crippen LogP contribution >= 0.6 is 0 Å². The van der Waals surface area contributed by atoms with Gasteiger partial charge in [0.25, 0.3) is 0 Å². The standard InChI is InChI=1S/C20H23N5O2S/c1-15-12-18(14-21)23-20(22-15)24-8-10-25(11-9-24)28(26,27)19-7-6-16-4-2-3-5-17(16)13-19/h6-7,12-13H,2-5,8-11H2,1H3. The zero-order valence-electron chi connectivity index (χ0n) is 15.9. The van der Waals surface area contributed by atoms with E-state index in [1.807, 2.05) is 30.0 Å². The van der Waals surface area contributed by atoms with E-state index in [0.29, 0.717) is 42.7 Å². The summed E-state index contributed by atoms with van der Waals surface area (Å²) in [7, 11) is -3.51. The molecule has 0 amide bonds. The molecule has 0 bridgehead atoms. The SMILES string of the molecule is Cc1cc(C#N)nc(N2CCN(S(=O)(=O)c3ccc4c(c3)CCCC4)CC2)n1. The van der Waals surface area contributed by atoms with Gasteiger partial charge in [-0.15, -0.1) is 0 Å². The van der Waals surface area contributed by atoms with Crippen LogP contribution in [0.5, 0.6) is 0 Å². The van der Waals surface area contributed by atoms with E-state index in [-0.39, 0.29) is 0 Å². The number of nitriles is 1. The number of nitrogens with zero attached hydrogens (tertiary/aromatic N) is 5. The van der Waals surface area contributed by atoms with Gasteiger partial charge in [0.05, 0.1) is 4.90 Å². The summed E-state index contributed by atoms with van der Waals surface area (Å²) >= 11 is 0. The Morgan fingerprint density at radius 2 is 1.71 bits per heavy atom. The van der Waals surface area contributed by atoms with Gasteiger partial charge in [-0.3, -0.25) is 0 Å². The minimum atomic E-state index is -3.51. The summed E-state index contributed by atoms with van der Waals surface area (Å²) in [6.07, 6.45) is 4.29. The molecule has 0 saturated carbocycles. The van der Waals surface area contributed by atoms with E-state index in [2.05, 4.69) is 9.97 Å². The molecule has 0 N–H and O–H groups in total. The molecule has 4 rings (SSSR count). The molecule has 0 spiro atoms. The predicted molar refractivity (Wildman–Crippen MR) is 106 cm³/mol. The van der Waals surface area contributed by atoms with Crippen molar-refractivity contribution in [1.29, 1.82) is 5.26 Å². The summed E-state index contributed by atoms with van der Waals surface area (Å²) in [5.41, 5.74) is 3.50. The highest BCUT2D eigenvalue weighted by Gasteiger charge is 2.30. The van der Waals surface area contributed by atoms with Crippen LogP contribution in [0, 0.1) is 18.3 Å². The van der Waals surface area contributed by atoms with Gasteiger partial charge in [0.15, 0.2) is 0 Å². The lowest BCUT2D eigenvalue weighted by Gasteiger charge is -2.34. The van der Waals surface area contributed by atoms with Gasteiger partial charge in [-0.25, -0.2) is 18.4 Å². The Labute approximate surface area is 165 Å². The van der Waals surface area contributed by atoms with Gasteiger partial charge < -0.3 is 4.90 Å². The van der Waals surface area contributed by atoms with Crippen molar-refractivity contribution in [2.45, 2.75) is 37.5 Å². The van der Waals surface area contributed by atoms with Crippen LogP contribution in [0.25, 0.3) is 0 Å². The Hall–Kier alpha value is -2.50. The molecule has 0 unspecified atom stereocenters. The van der Waals surface area contributed by atoms with Crippen molar-refractivity contribution in [3.05, 3.63) is 46.8 Å². The number of hydrogen-bond acceptors (Lipinski definition) is 6. The quantitative estimate of drug-likeness (QED) is 0.787. The normalized spacial score (nSPS) is 17.8. The molecule has 2 heterocycles. The fourth-order valence-corrected chi connectivity index (χ4v) is 5.37. The molecule has 1 aromatic heterocycles. The van der Waals surface area contributed by atoms with Crippen molar-refractivity contribution >= 4 is 16.0 Å². The van der Waals surface area contributed by atoms with Crippen LogP contribution in [0.4, 0.5) is 5.95 Å². The van der Waals surface area contributed by atoms with Gasteiger partial charge in [0, 0.05) is 31.9 Å². The highest BCUT2D eigenvalue weighted by molar-refractivity contribution is 7.89. The summed E-state index contributed by atoms with van der Waals surface area (Å²) in [6.45, 7) is 3.57. The van der Waals surface area contributed by atoms with Gasteiger partial charge in [-0.2, -0.15) is 9.57 Å². The number of benzene rings is 1. The van der Waals surface area contributed by atoms with E-state index in [1.54, 1.807) is 12.1 Å². The Morgan fingerprint density at radius 3 is 2.43 bits per heavy atom. The maximum atomic E-state index is 13.1. The molecule has 0 atom stereocenters. The third-order valence-corrected chi connectivity index (χ3v) is 7.33. The summed E-state index contributed by atoms with van der Waals surface area (Å²) in [6, 6.07) is 9.26. The van der Waals surface area contributed by atoms with Crippen LogP contribution in [0.1, 0.15) is 35.4 Å². The third kappa shape index (κ3) is 3.60. The van der Waals surface area contributed by atoms with Gasteiger partial charge in [-0.05, 0) is 61.9 Å². The van der Waals surface area contributed by atoms with E-state index in [1.165, 1.54) is 21.9 Å². The molecule has 146 valence electrons. The molecule has 1 aromatic carbocycles. The first-order valence-corrected chi connectivity index (χ1v) is 11.0. The first-order valence-electron chi connectivity index (χ1n) is 9.60. The van der Waals surface area contributed by atoms with Gasteiger partial charge >= 0.3 is 0 Å². The van der Waals surface area contributed by atoms with Crippen LogP contribution < -0.4 is 4.90 Å². The molecule has 0 radical (unpaired) electrons. The Morgan fingerprint density at radius 1 is 1.00 bits per heavy atom. The molecule has 8 heteroatoms. The average Bonchev–Trinajstić information content (AvgIpc) is 2.73. The van der Waals surface area contributed by atoms with Gasteiger partial charge in [0.1, 0.15) is 11.8 Å². The zero-order valence-corrected chi connectivity index (χ0v) is 16.7. The van der Waals surface area contributed by atoms with Crippen molar-refractivity contribution < 1.29 is 8.42 Å². The van der Waals surface area contributed by atoms with Crippen LogP contribution in [0.3, 0.4) is 0 Å². The largest absolute Gasteiger partial charge is 0.338 e. The van der Waals surface area contributed by atoms with E-state index in [4.69, 9.17) is 5.26 Å². The topological polar surface area (TPSA) is 90.2 Å². The van der Waals surface area contributed by atoms with Crippen LogP contribution in [-0.2, 0) is 22.9 Å². The third-order valence-electron chi connectivity index (χ3n) is 5.44. The molecule has 2 aromatic rings. The lowest BCUT2D eigenvalue weighted by Crippen LogP contribution is -2.49. The average molecular weight is 398 g/mol. The van der Waals surface area contributed by atoms with E-state index in [0.717, 1.165) is 25.0 Å². The van der Waals surface area contributed by atoms with Crippen LogP contribution in [-0.4, -0.2) is 48.9 Å². The number of piperazine rings is 1. The molecule has 7 nitrogen and oxygen atoms in total. The van der Waals surface area contributed by atoms with Gasteiger partial charge in [0.2, 0.25) is 16.0 Å². The minimum absolute atomic E-state index is 0.326. The fraction of sp³-hybridized carbons (Fsp3) is 0.450. The maximum Gasteiger partial charge on any atom is 0.243 e. The van der Waals surface area contributed by atoms with E-state index >= 15 is 0 Å². The number of aryl methyl sites for hydroxylation is 3. The molecule has 1 aliphatic carbocycles. The van der Waals surface area contributed by atoms with Crippen molar-refractivity contribution in [3.63, 3.8) is 0 Å². The number of sulfonamides is 1. The number of aromatic nitrogens is 2. The summed E-state index contributed by atoms with van der Waals surface area (Å²) in [4.78, 5) is 11.0. The number of rotatable bonds is 3. The maximum absolute atomic E-state index is 13.1.